The molecule has 1 rings (SSSR count). The van der Waals surface area contributed by atoms with Crippen LogP contribution in [-0.2, 0) is 13.5 Å². The third-order valence-electron chi connectivity index (χ3n) is 1.52. The Morgan fingerprint density at radius 2 is 2.27 bits per heavy atom. The van der Waals surface area contributed by atoms with Crippen molar-refractivity contribution in [1.29, 1.82) is 0 Å². The first-order valence-corrected chi connectivity index (χ1v) is 3.39. The second-order valence-corrected chi connectivity index (χ2v) is 2.30. The minimum absolute atomic E-state index is 0. The topological polar surface area (TPSA) is 3.88 Å². The summed E-state index contributed by atoms with van der Waals surface area (Å²) in [7, 11) is 2.04. The van der Waals surface area contributed by atoms with E-state index >= 15 is 0 Å². The minimum Gasteiger partial charge on any atom is -1.00 e. The van der Waals surface area contributed by atoms with Gasteiger partial charge in [-0.05, 0) is 0 Å². The van der Waals surface area contributed by atoms with E-state index in [2.05, 4.69) is 17.2 Å². The number of aryl methyl sites for hydroxylation is 1. The molecule has 0 aromatic carbocycles. The summed E-state index contributed by atoms with van der Waals surface area (Å²) in [6.45, 7) is 3.68. The molecule has 0 fully saturated rings. The van der Waals surface area contributed by atoms with Crippen LogP contribution in [0.25, 0.3) is 0 Å². The average molecular weight is 214 g/mol. The zero-order chi connectivity index (χ0) is 7.40. The van der Waals surface area contributed by atoms with Gasteiger partial charge in [-0.2, -0.15) is 0 Å². The molecule has 0 saturated heterocycles. The van der Waals surface area contributed by atoms with Crippen molar-refractivity contribution in [1.82, 2.24) is 0 Å². The van der Waals surface area contributed by atoms with Crippen molar-refractivity contribution in [3.63, 3.8) is 0 Å². The van der Waals surface area contributed by atoms with Gasteiger partial charge < -0.3 is 17.0 Å². The Morgan fingerprint density at radius 3 is 2.82 bits per heavy atom. The molecule has 0 aliphatic heterocycles. The molecular weight excluding hydrogens is 202 g/mol. The van der Waals surface area contributed by atoms with Crippen LogP contribution in [0.15, 0.2) is 37.1 Å². The van der Waals surface area contributed by atoms with Crippen molar-refractivity contribution in [3.05, 3.63) is 42.7 Å². The van der Waals surface area contributed by atoms with E-state index in [1.54, 1.807) is 0 Å². The summed E-state index contributed by atoms with van der Waals surface area (Å²) < 4.78 is 2.10. The molecule has 1 aromatic heterocycles. The van der Waals surface area contributed by atoms with Gasteiger partial charge in [-0.3, -0.25) is 0 Å². The van der Waals surface area contributed by atoms with E-state index in [1.807, 2.05) is 31.5 Å². The molecule has 0 atom stereocenters. The number of pyridine rings is 1. The first-order valence-electron chi connectivity index (χ1n) is 3.39. The average Bonchev–Trinajstić information content (AvgIpc) is 1.94. The van der Waals surface area contributed by atoms with E-state index in [0.29, 0.717) is 0 Å². The standard InChI is InChI=1S/C9H12N.BrH/c1-3-6-9-7-4-5-8-10(9)2;/h3-5,7-8H,1,6H2,2H3;1H/q+1;/p-1. The highest BCUT2D eigenvalue weighted by Crippen LogP contribution is 1.91. The Bertz CT molecular complexity index is 233. The Morgan fingerprint density at radius 1 is 1.55 bits per heavy atom. The first kappa shape index (κ1) is 10.4. The van der Waals surface area contributed by atoms with Crippen LogP contribution in [0.2, 0.25) is 0 Å². The monoisotopic (exact) mass is 213 g/mol. The van der Waals surface area contributed by atoms with Crippen molar-refractivity contribution in [2.75, 3.05) is 0 Å². The molecule has 0 aliphatic rings. The fourth-order valence-corrected chi connectivity index (χ4v) is 0.919. The normalized spacial score (nSPS) is 8.45. The summed E-state index contributed by atoms with van der Waals surface area (Å²) in [6.07, 6.45) is 4.89. The lowest BCUT2D eigenvalue weighted by Gasteiger charge is -1.92. The molecule has 0 radical (unpaired) electrons. The number of nitrogens with zero attached hydrogens (tertiary/aromatic N) is 1. The molecule has 0 amide bonds. The fourth-order valence-electron chi connectivity index (χ4n) is 0.919. The first-order chi connectivity index (χ1) is 4.84. The molecule has 0 spiro atoms. The molecule has 0 aliphatic carbocycles. The number of hydrogen-bond donors (Lipinski definition) is 0. The van der Waals surface area contributed by atoms with Gasteiger partial charge in [0.15, 0.2) is 11.9 Å². The van der Waals surface area contributed by atoms with Crippen molar-refractivity contribution < 1.29 is 21.5 Å². The predicted molar refractivity (Wildman–Crippen MR) is 41.5 cm³/mol. The number of rotatable bonds is 2. The lowest BCUT2D eigenvalue weighted by molar-refractivity contribution is -0.678. The molecule has 60 valence electrons. The number of hydrogen-bond acceptors (Lipinski definition) is 0. The van der Waals surface area contributed by atoms with E-state index in [-0.39, 0.29) is 17.0 Å². The zero-order valence-corrected chi connectivity index (χ0v) is 8.21. The quantitative estimate of drug-likeness (QED) is 0.406. The molecular formula is C9H12BrN. The van der Waals surface area contributed by atoms with Crippen LogP contribution in [-0.4, -0.2) is 0 Å². The third-order valence-corrected chi connectivity index (χ3v) is 1.52. The van der Waals surface area contributed by atoms with Crippen LogP contribution in [0.3, 0.4) is 0 Å². The van der Waals surface area contributed by atoms with Crippen molar-refractivity contribution in [2.24, 2.45) is 7.05 Å². The van der Waals surface area contributed by atoms with Gasteiger partial charge in [-0.1, -0.05) is 12.1 Å². The maximum Gasteiger partial charge on any atom is 0.184 e. The van der Waals surface area contributed by atoms with Crippen molar-refractivity contribution >= 4 is 0 Å². The molecule has 11 heavy (non-hydrogen) atoms. The smallest absolute Gasteiger partial charge is 0.184 e. The molecule has 0 unspecified atom stereocenters. The minimum atomic E-state index is 0. The van der Waals surface area contributed by atoms with Crippen molar-refractivity contribution in [3.8, 4) is 0 Å². The van der Waals surface area contributed by atoms with Crippen LogP contribution in [0.1, 0.15) is 5.69 Å². The molecule has 0 bridgehead atoms. The maximum absolute atomic E-state index is 3.68. The highest BCUT2D eigenvalue weighted by atomic mass is 79.9. The Kier molecular flexibility index (Phi) is 4.79. The Hall–Kier alpha value is -0.630. The van der Waals surface area contributed by atoms with Crippen LogP contribution in [0.4, 0.5) is 0 Å². The van der Waals surface area contributed by atoms with Gasteiger partial charge in [0.2, 0.25) is 0 Å². The van der Waals surface area contributed by atoms with Crippen molar-refractivity contribution in [2.45, 2.75) is 6.42 Å². The summed E-state index contributed by atoms with van der Waals surface area (Å²) in [4.78, 5) is 0. The van der Waals surface area contributed by atoms with Gasteiger partial charge in [0.1, 0.15) is 7.05 Å². The van der Waals surface area contributed by atoms with Gasteiger partial charge in [-0.15, -0.1) is 6.58 Å². The lowest BCUT2D eigenvalue weighted by Crippen LogP contribution is -3.00. The van der Waals surface area contributed by atoms with Crippen LogP contribution < -0.4 is 21.5 Å². The summed E-state index contributed by atoms with van der Waals surface area (Å²) >= 11 is 0. The maximum atomic E-state index is 3.68. The van der Waals surface area contributed by atoms with Gasteiger partial charge in [-0.25, -0.2) is 4.57 Å². The van der Waals surface area contributed by atoms with Gasteiger partial charge in [0.05, 0.1) is 6.42 Å². The molecule has 0 N–H and O–H groups in total. The SMILES string of the molecule is C=CCc1cccc[n+]1C.[Br-]. The largest absolute Gasteiger partial charge is 1.00 e. The van der Waals surface area contributed by atoms with Crippen LogP contribution >= 0.6 is 0 Å². The van der Waals surface area contributed by atoms with Gasteiger partial charge >= 0.3 is 0 Å². The van der Waals surface area contributed by atoms with E-state index in [9.17, 15) is 0 Å². The second-order valence-electron chi connectivity index (χ2n) is 2.30. The number of allylic oxidation sites excluding steroid dienone is 1. The number of halogens is 1. The summed E-state index contributed by atoms with van der Waals surface area (Å²) in [5, 5.41) is 0. The van der Waals surface area contributed by atoms with Gasteiger partial charge in [0.25, 0.3) is 0 Å². The summed E-state index contributed by atoms with van der Waals surface area (Å²) in [5.41, 5.74) is 1.29. The molecule has 1 heterocycles. The molecule has 0 saturated carbocycles. The highest BCUT2D eigenvalue weighted by molar-refractivity contribution is 5.00. The van der Waals surface area contributed by atoms with Gasteiger partial charge in [0, 0.05) is 12.1 Å². The second kappa shape index (κ2) is 5.08. The van der Waals surface area contributed by atoms with E-state index < -0.39 is 0 Å². The van der Waals surface area contributed by atoms with E-state index in [0.717, 1.165) is 6.42 Å². The predicted octanol–water partition coefficient (Wildman–Crippen LogP) is -1.76. The summed E-state index contributed by atoms with van der Waals surface area (Å²) in [6, 6.07) is 6.16. The van der Waals surface area contributed by atoms with E-state index in [1.165, 1.54) is 5.69 Å². The lowest BCUT2D eigenvalue weighted by atomic mass is 10.2. The number of aromatic nitrogens is 1. The Balaban J connectivity index is 0.000001000. The molecule has 1 nitrogen and oxygen atoms in total. The molecule has 2 heteroatoms. The van der Waals surface area contributed by atoms with Crippen LogP contribution in [0, 0.1) is 0 Å². The fraction of sp³-hybridized carbons (Fsp3) is 0.222. The zero-order valence-electron chi connectivity index (χ0n) is 6.63. The Labute approximate surface area is 78.1 Å². The summed E-state index contributed by atoms with van der Waals surface area (Å²) in [5.74, 6) is 0. The third kappa shape index (κ3) is 2.85. The highest BCUT2D eigenvalue weighted by Gasteiger charge is 1.99. The molecule has 1 aromatic rings. The van der Waals surface area contributed by atoms with Crippen LogP contribution in [0.5, 0.6) is 0 Å². The van der Waals surface area contributed by atoms with E-state index in [4.69, 9.17) is 0 Å².